The van der Waals surface area contributed by atoms with Gasteiger partial charge in [0, 0.05) is 17.4 Å². The van der Waals surface area contributed by atoms with Gasteiger partial charge in [0.05, 0.1) is 16.5 Å². The van der Waals surface area contributed by atoms with Crippen molar-refractivity contribution in [1.82, 2.24) is 9.66 Å². The lowest BCUT2D eigenvalue weighted by atomic mass is 9.97. The molecule has 0 unspecified atom stereocenters. The Morgan fingerprint density at radius 3 is 2.83 bits per heavy atom. The summed E-state index contributed by atoms with van der Waals surface area (Å²) in [6.45, 7) is 3.54. The minimum absolute atomic E-state index is 0.0677. The molecule has 8 nitrogen and oxygen atoms in total. The first-order valence-corrected chi connectivity index (χ1v) is 10.3. The first kappa shape index (κ1) is 19.3. The van der Waals surface area contributed by atoms with Crippen LogP contribution in [0.5, 0.6) is 5.75 Å². The fraction of sp³-hybridized carbons (Fsp3) is 0.350. The summed E-state index contributed by atoms with van der Waals surface area (Å²) < 4.78 is 1.22. The van der Waals surface area contributed by atoms with Gasteiger partial charge in [-0.05, 0) is 55.0 Å². The summed E-state index contributed by atoms with van der Waals surface area (Å²) in [6, 6.07) is 2.75. The van der Waals surface area contributed by atoms with Crippen LogP contribution in [0, 0.1) is 17.0 Å². The van der Waals surface area contributed by atoms with E-state index in [1.54, 1.807) is 18.3 Å². The average molecular weight is 411 g/mol. The Balaban J connectivity index is 1.88. The first-order chi connectivity index (χ1) is 13.9. The van der Waals surface area contributed by atoms with Gasteiger partial charge in [-0.25, -0.2) is 4.98 Å². The van der Waals surface area contributed by atoms with Gasteiger partial charge >= 0.3 is 0 Å². The molecule has 29 heavy (non-hydrogen) atoms. The van der Waals surface area contributed by atoms with Crippen LogP contribution in [-0.4, -0.2) is 20.8 Å². The fourth-order valence-corrected chi connectivity index (χ4v) is 4.99. The largest absolute Gasteiger partial charge is 0.867 e. The number of hydrogen-bond acceptors (Lipinski definition) is 7. The molecule has 1 aromatic carbocycles. The van der Waals surface area contributed by atoms with Gasteiger partial charge in [0.25, 0.3) is 11.2 Å². The second-order valence-electron chi connectivity index (χ2n) is 7.09. The second-order valence-corrected chi connectivity index (χ2v) is 8.18. The van der Waals surface area contributed by atoms with Crippen LogP contribution in [0.2, 0.25) is 0 Å². The molecule has 0 atom stereocenters. The number of aryl methyl sites for hydroxylation is 4. The fourth-order valence-electron chi connectivity index (χ4n) is 3.72. The van der Waals surface area contributed by atoms with Gasteiger partial charge in [0.2, 0.25) is 0 Å². The Morgan fingerprint density at radius 1 is 1.34 bits per heavy atom. The summed E-state index contributed by atoms with van der Waals surface area (Å²) in [4.78, 5) is 30.2. The highest BCUT2D eigenvalue weighted by Crippen LogP contribution is 2.34. The number of rotatable bonds is 4. The summed E-state index contributed by atoms with van der Waals surface area (Å²) in [5, 5.41) is 28.3. The predicted octanol–water partition coefficient (Wildman–Crippen LogP) is 3.07. The zero-order valence-corrected chi connectivity index (χ0v) is 16.9. The van der Waals surface area contributed by atoms with Crippen LogP contribution in [0.25, 0.3) is 10.2 Å². The molecule has 0 saturated carbocycles. The van der Waals surface area contributed by atoms with Gasteiger partial charge in [-0.3, -0.25) is 14.9 Å². The molecular weight excluding hydrogens is 392 g/mol. The normalized spacial score (nSPS) is 13.9. The van der Waals surface area contributed by atoms with E-state index < -0.39 is 16.4 Å². The number of benzene rings is 1. The van der Waals surface area contributed by atoms with Crippen molar-refractivity contribution in [2.24, 2.45) is 5.10 Å². The van der Waals surface area contributed by atoms with E-state index in [4.69, 9.17) is 0 Å². The van der Waals surface area contributed by atoms with Gasteiger partial charge in [-0.1, -0.05) is 13.0 Å². The molecule has 0 bridgehead atoms. The highest BCUT2D eigenvalue weighted by atomic mass is 32.1. The zero-order valence-electron chi connectivity index (χ0n) is 16.1. The molecule has 150 valence electrons. The van der Waals surface area contributed by atoms with Crippen molar-refractivity contribution in [3.63, 3.8) is 0 Å². The molecular formula is C20H19N4O4S-. The molecule has 1 aliphatic carbocycles. The van der Waals surface area contributed by atoms with Crippen LogP contribution in [-0.2, 0) is 19.3 Å². The zero-order chi connectivity index (χ0) is 20.7. The van der Waals surface area contributed by atoms with Gasteiger partial charge in [0.1, 0.15) is 10.7 Å². The lowest BCUT2D eigenvalue weighted by Crippen LogP contribution is -2.22. The van der Waals surface area contributed by atoms with Crippen LogP contribution < -0.4 is 10.7 Å². The third-order valence-electron chi connectivity index (χ3n) is 5.10. The van der Waals surface area contributed by atoms with Crippen molar-refractivity contribution >= 4 is 33.5 Å². The second kappa shape index (κ2) is 7.40. The van der Waals surface area contributed by atoms with E-state index in [9.17, 15) is 20.0 Å². The molecule has 1 aliphatic rings. The molecule has 0 radical (unpaired) electrons. The monoisotopic (exact) mass is 411 g/mol. The number of aromatic nitrogens is 2. The summed E-state index contributed by atoms with van der Waals surface area (Å²) in [7, 11) is 0. The number of nitro benzene ring substituents is 1. The number of nitrogens with zero attached hydrogens (tertiary/aromatic N) is 4. The van der Waals surface area contributed by atoms with Gasteiger partial charge in [0.15, 0.2) is 0 Å². The highest BCUT2D eigenvalue weighted by molar-refractivity contribution is 7.18. The van der Waals surface area contributed by atoms with E-state index in [2.05, 4.69) is 10.1 Å². The maximum absolute atomic E-state index is 13.2. The Kier molecular flexibility index (Phi) is 4.91. The number of fused-ring (bicyclic) bond motifs is 3. The topological polar surface area (TPSA) is 113 Å². The quantitative estimate of drug-likeness (QED) is 0.372. The van der Waals surface area contributed by atoms with Crippen molar-refractivity contribution in [3.8, 4) is 5.75 Å². The lowest BCUT2D eigenvalue weighted by Gasteiger charge is -2.12. The maximum atomic E-state index is 13.2. The molecule has 2 heterocycles. The van der Waals surface area contributed by atoms with E-state index in [0.29, 0.717) is 23.2 Å². The minimum atomic E-state index is -0.725. The van der Waals surface area contributed by atoms with Crippen molar-refractivity contribution in [2.45, 2.75) is 46.0 Å². The van der Waals surface area contributed by atoms with Crippen molar-refractivity contribution in [2.75, 3.05) is 0 Å². The van der Waals surface area contributed by atoms with Crippen molar-refractivity contribution < 1.29 is 10.0 Å². The van der Waals surface area contributed by atoms with Crippen LogP contribution in [0.15, 0.2) is 22.0 Å². The molecule has 9 heteroatoms. The smallest absolute Gasteiger partial charge is 0.283 e. The van der Waals surface area contributed by atoms with E-state index in [1.165, 1.54) is 27.9 Å². The third kappa shape index (κ3) is 3.31. The molecule has 3 aromatic rings. The molecule has 0 amide bonds. The number of thiophene rings is 1. The summed E-state index contributed by atoms with van der Waals surface area (Å²) >= 11 is 1.57. The van der Waals surface area contributed by atoms with Crippen molar-refractivity contribution in [3.05, 3.63) is 60.0 Å². The standard InChI is InChI=1S/C20H20N4O4S/c1-3-16-22-19-17(13-6-4-5-7-15(13)29-19)20(26)23(16)21-10-12-8-11(2)9-14(18(12)25)24(27)28/h8-10,25H,3-7H2,1-2H3/p-1. The van der Waals surface area contributed by atoms with E-state index in [0.717, 1.165) is 36.1 Å². The predicted molar refractivity (Wildman–Crippen MR) is 110 cm³/mol. The Hall–Kier alpha value is -3.07. The summed E-state index contributed by atoms with van der Waals surface area (Å²) in [5.41, 5.74) is 0.947. The molecule has 0 N–H and O–H groups in total. The third-order valence-corrected chi connectivity index (χ3v) is 6.29. The SMILES string of the molecule is CCc1nc2sc3c(c2c(=O)n1N=Cc1cc(C)cc([N+](=O)[O-])c1[O-])CCCC3. The van der Waals surface area contributed by atoms with Gasteiger partial charge in [-0.15, -0.1) is 11.3 Å². The molecule has 0 saturated heterocycles. The first-order valence-electron chi connectivity index (χ1n) is 9.47. The van der Waals surface area contributed by atoms with E-state index in [-0.39, 0.29) is 11.1 Å². The molecule has 4 rings (SSSR count). The van der Waals surface area contributed by atoms with Crippen LogP contribution in [0.4, 0.5) is 5.69 Å². The number of hydrogen-bond donors (Lipinski definition) is 0. The van der Waals surface area contributed by atoms with Crippen LogP contribution in [0.3, 0.4) is 0 Å². The summed E-state index contributed by atoms with van der Waals surface area (Å²) in [5.74, 6) is -0.232. The van der Waals surface area contributed by atoms with E-state index >= 15 is 0 Å². The van der Waals surface area contributed by atoms with Crippen molar-refractivity contribution in [1.29, 1.82) is 0 Å². The summed E-state index contributed by atoms with van der Waals surface area (Å²) in [6.07, 6.45) is 5.69. The van der Waals surface area contributed by atoms with E-state index in [1.807, 2.05) is 6.92 Å². The molecule has 2 aromatic heterocycles. The van der Waals surface area contributed by atoms with Crippen LogP contribution >= 0.6 is 11.3 Å². The Labute approximate surface area is 170 Å². The Morgan fingerprint density at radius 2 is 2.10 bits per heavy atom. The van der Waals surface area contributed by atoms with Gasteiger partial charge in [-0.2, -0.15) is 9.78 Å². The minimum Gasteiger partial charge on any atom is -0.867 e. The molecule has 0 fully saturated rings. The van der Waals surface area contributed by atoms with Gasteiger partial charge < -0.3 is 5.11 Å². The highest BCUT2D eigenvalue weighted by Gasteiger charge is 2.21. The maximum Gasteiger partial charge on any atom is 0.283 e. The lowest BCUT2D eigenvalue weighted by molar-refractivity contribution is -0.398. The Bertz CT molecular complexity index is 1230. The number of nitro groups is 1. The van der Waals surface area contributed by atoms with Crippen LogP contribution in [0.1, 0.15) is 47.2 Å². The molecule has 0 spiro atoms. The average Bonchev–Trinajstić information content (AvgIpc) is 3.07. The molecule has 0 aliphatic heterocycles.